The van der Waals surface area contributed by atoms with Gasteiger partial charge in [-0.15, -0.1) is 0 Å². The molecule has 3 aromatic heterocycles. The first-order chi connectivity index (χ1) is 17.5. The molecule has 3 heterocycles. The van der Waals surface area contributed by atoms with E-state index < -0.39 is 17.4 Å². The number of ether oxygens (including phenoxy) is 1. The Bertz CT molecular complexity index is 1640. The van der Waals surface area contributed by atoms with Crippen molar-refractivity contribution in [3.63, 3.8) is 0 Å². The third-order valence-corrected chi connectivity index (χ3v) is 5.48. The number of anilines is 1. The summed E-state index contributed by atoms with van der Waals surface area (Å²) in [5.74, 6) is -0.612. The molecule has 5 aromatic rings. The maximum absolute atomic E-state index is 13.1. The number of amides is 1. The Labute approximate surface area is 204 Å². The number of methoxy groups -OCH3 is 1. The smallest absolute Gasteiger partial charge is 0.339 e. The number of pyridine rings is 2. The number of nitrogens with one attached hydrogen (secondary N) is 1. The van der Waals surface area contributed by atoms with Gasteiger partial charge in [-0.05, 0) is 30.3 Å². The van der Waals surface area contributed by atoms with Crippen LogP contribution in [0.1, 0.15) is 10.4 Å². The van der Waals surface area contributed by atoms with Crippen molar-refractivity contribution < 1.29 is 18.8 Å². The van der Waals surface area contributed by atoms with Gasteiger partial charge in [0.05, 0.1) is 29.4 Å². The largest absolute Gasteiger partial charge is 0.465 e. The van der Waals surface area contributed by atoms with Crippen LogP contribution in [-0.2, 0) is 16.1 Å². The molecule has 0 aliphatic heterocycles. The quantitative estimate of drug-likeness (QED) is 0.365. The van der Waals surface area contributed by atoms with Crippen LogP contribution in [0.4, 0.5) is 5.69 Å². The Morgan fingerprint density at radius 3 is 2.61 bits per heavy atom. The lowest BCUT2D eigenvalue weighted by molar-refractivity contribution is -0.116. The Balaban J connectivity index is 1.49. The maximum atomic E-state index is 13.1. The van der Waals surface area contributed by atoms with Gasteiger partial charge in [0.15, 0.2) is 0 Å². The molecule has 1 N–H and O–H groups in total. The van der Waals surface area contributed by atoms with Gasteiger partial charge in [0.25, 0.3) is 11.4 Å². The summed E-state index contributed by atoms with van der Waals surface area (Å²) in [7, 11) is 1.26. The van der Waals surface area contributed by atoms with Crippen molar-refractivity contribution in [1.29, 1.82) is 0 Å². The molecule has 0 fully saturated rings. The summed E-state index contributed by atoms with van der Waals surface area (Å²) in [6, 6.07) is 20.3. The van der Waals surface area contributed by atoms with Crippen molar-refractivity contribution >= 4 is 28.5 Å². The highest BCUT2D eigenvalue weighted by molar-refractivity contribution is 6.01. The average molecular weight is 481 g/mol. The normalized spacial score (nSPS) is 10.8. The molecule has 0 saturated heterocycles. The highest BCUT2D eigenvalue weighted by atomic mass is 16.5. The molecular formula is C26H19N5O5. The third-order valence-electron chi connectivity index (χ3n) is 5.48. The van der Waals surface area contributed by atoms with Gasteiger partial charge in [-0.25, -0.2) is 4.79 Å². The van der Waals surface area contributed by atoms with Crippen LogP contribution in [0.5, 0.6) is 0 Å². The summed E-state index contributed by atoms with van der Waals surface area (Å²) in [5.41, 5.74) is 1.55. The van der Waals surface area contributed by atoms with Crippen LogP contribution in [0.15, 0.2) is 88.3 Å². The Hall–Kier alpha value is -5.12. The number of carbonyl (C=O) groups is 2. The van der Waals surface area contributed by atoms with Gasteiger partial charge in [0.2, 0.25) is 11.7 Å². The predicted octanol–water partition coefficient (Wildman–Crippen LogP) is 3.54. The molecule has 0 atom stereocenters. The topological polar surface area (TPSA) is 129 Å². The Kier molecular flexibility index (Phi) is 6.06. The molecule has 0 unspecified atom stereocenters. The third kappa shape index (κ3) is 4.34. The first-order valence-corrected chi connectivity index (χ1v) is 10.9. The lowest BCUT2D eigenvalue weighted by atomic mass is 10.1. The summed E-state index contributed by atoms with van der Waals surface area (Å²) < 4.78 is 11.5. The van der Waals surface area contributed by atoms with Crippen LogP contribution in [0.2, 0.25) is 0 Å². The number of nitrogens with zero attached hydrogens (tertiary/aromatic N) is 4. The molecule has 0 bridgehead atoms. The first-order valence-electron chi connectivity index (χ1n) is 10.9. The molecule has 10 heteroatoms. The zero-order valence-electron chi connectivity index (χ0n) is 19.0. The van der Waals surface area contributed by atoms with Gasteiger partial charge in [0.1, 0.15) is 12.2 Å². The fourth-order valence-electron chi connectivity index (χ4n) is 3.82. The van der Waals surface area contributed by atoms with Crippen LogP contribution >= 0.6 is 0 Å². The summed E-state index contributed by atoms with van der Waals surface area (Å²) in [6.45, 7) is -0.280. The van der Waals surface area contributed by atoms with E-state index in [-0.39, 0.29) is 23.7 Å². The number of para-hydroxylation sites is 2. The van der Waals surface area contributed by atoms with E-state index in [0.717, 1.165) is 0 Å². The van der Waals surface area contributed by atoms with Gasteiger partial charge >= 0.3 is 5.97 Å². The molecule has 0 saturated carbocycles. The molecule has 0 spiro atoms. The highest BCUT2D eigenvalue weighted by Crippen LogP contribution is 2.27. The molecule has 178 valence electrons. The Morgan fingerprint density at radius 2 is 1.81 bits per heavy atom. The molecular weight excluding hydrogens is 462 g/mol. The van der Waals surface area contributed by atoms with Crippen molar-refractivity contribution in [2.75, 3.05) is 12.4 Å². The standard InChI is InChI=1S/C26H19N5O5/c1-35-26(34)17-9-2-4-10-19(17)28-22(32)15-31-21-12-5-3-8-16(21)18(14-23(31)33)25-29-24(30-36-25)20-11-6-7-13-27-20/h2-14H,15H2,1H3,(H,28,32). The molecule has 10 nitrogen and oxygen atoms in total. The minimum Gasteiger partial charge on any atom is -0.465 e. The van der Waals surface area contributed by atoms with Gasteiger partial charge in [-0.2, -0.15) is 4.98 Å². The van der Waals surface area contributed by atoms with Gasteiger partial charge in [-0.1, -0.05) is 41.6 Å². The van der Waals surface area contributed by atoms with Crippen molar-refractivity contribution in [1.82, 2.24) is 19.7 Å². The number of hydrogen-bond acceptors (Lipinski definition) is 8. The zero-order valence-corrected chi connectivity index (χ0v) is 19.0. The second-order valence-electron chi connectivity index (χ2n) is 7.72. The van der Waals surface area contributed by atoms with Crippen molar-refractivity contribution in [2.45, 2.75) is 6.54 Å². The van der Waals surface area contributed by atoms with E-state index in [1.807, 2.05) is 12.1 Å². The van der Waals surface area contributed by atoms with Crippen LogP contribution in [0.25, 0.3) is 33.9 Å². The average Bonchev–Trinajstić information content (AvgIpc) is 3.41. The monoisotopic (exact) mass is 481 g/mol. The SMILES string of the molecule is COC(=O)c1ccccc1NC(=O)Cn1c(=O)cc(-c2nc(-c3ccccn3)no2)c2ccccc21. The highest BCUT2D eigenvalue weighted by Gasteiger charge is 2.19. The number of rotatable bonds is 6. The minimum atomic E-state index is -0.581. The molecule has 1 amide bonds. The Morgan fingerprint density at radius 1 is 1.03 bits per heavy atom. The van der Waals surface area contributed by atoms with E-state index in [1.165, 1.54) is 17.7 Å². The zero-order chi connectivity index (χ0) is 25.1. The van der Waals surface area contributed by atoms with E-state index in [9.17, 15) is 14.4 Å². The predicted molar refractivity (Wildman–Crippen MR) is 131 cm³/mol. The second kappa shape index (κ2) is 9.63. The van der Waals surface area contributed by atoms with Crippen LogP contribution < -0.4 is 10.9 Å². The number of esters is 1. The van der Waals surface area contributed by atoms with E-state index >= 15 is 0 Å². The number of hydrogen-bond donors (Lipinski definition) is 1. The number of fused-ring (bicyclic) bond motifs is 1. The summed E-state index contributed by atoms with van der Waals surface area (Å²) in [5, 5.41) is 7.32. The lowest BCUT2D eigenvalue weighted by Crippen LogP contribution is -2.28. The van der Waals surface area contributed by atoms with E-state index in [1.54, 1.807) is 60.8 Å². The summed E-state index contributed by atoms with van der Waals surface area (Å²) >= 11 is 0. The van der Waals surface area contributed by atoms with E-state index in [4.69, 9.17) is 9.26 Å². The van der Waals surface area contributed by atoms with Crippen molar-refractivity contribution in [2.24, 2.45) is 0 Å². The fourth-order valence-corrected chi connectivity index (χ4v) is 3.82. The molecule has 5 rings (SSSR count). The molecule has 36 heavy (non-hydrogen) atoms. The van der Waals surface area contributed by atoms with Gasteiger partial charge in [-0.3, -0.25) is 19.1 Å². The molecule has 0 aliphatic carbocycles. The van der Waals surface area contributed by atoms with Crippen molar-refractivity contribution in [3.05, 3.63) is 94.9 Å². The molecule has 0 aliphatic rings. The van der Waals surface area contributed by atoms with Crippen LogP contribution in [-0.4, -0.2) is 38.7 Å². The second-order valence-corrected chi connectivity index (χ2v) is 7.72. The fraction of sp³-hybridized carbons (Fsp3) is 0.0769. The minimum absolute atomic E-state index is 0.160. The van der Waals surface area contributed by atoms with Gasteiger partial charge < -0.3 is 14.6 Å². The number of carbonyl (C=O) groups excluding carboxylic acids is 2. The molecule has 0 radical (unpaired) electrons. The van der Waals surface area contributed by atoms with Gasteiger partial charge in [0, 0.05) is 17.6 Å². The summed E-state index contributed by atoms with van der Waals surface area (Å²) in [4.78, 5) is 46.6. The van der Waals surface area contributed by atoms with Crippen LogP contribution in [0, 0.1) is 0 Å². The lowest BCUT2D eigenvalue weighted by Gasteiger charge is -2.13. The van der Waals surface area contributed by atoms with Crippen molar-refractivity contribution in [3.8, 4) is 23.0 Å². The molecule has 2 aromatic carbocycles. The maximum Gasteiger partial charge on any atom is 0.339 e. The number of benzene rings is 2. The van der Waals surface area contributed by atoms with E-state index in [2.05, 4.69) is 20.4 Å². The van der Waals surface area contributed by atoms with Crippen LogP contribution in [0.3, 0.4) is 0 Å². The first kappa shape index (κ1) is 22.7. The van der Waals surface area contributed by atoms with E-state index in [0.29, 0.717) is 28.0 Å². The number of aromatic nitrogens is 4. The summed E-state index contributed by atoms with van der Waals surface area (Å²) in [6.07, 6.45) is 1.62.